The van der Waals surface area contributed by atoms with Crippen LogP contribution >= 0.6 is 0 Å². The average molecular weight is 238 g/mol. The van der Waals surface area contributed by atoms with Crippen molar-refractivity contribution in [2.75, 3.05) is 12.3 Å². The van der Waals surface area contributed by atoms with Crippen LogP contribution in [0.5, 0.6) is 0 Å². The maximum Gasteiger partial charge on any atom is 0.254 e. The number of hydrogen-bond donors (Lipinski definition) is 1. The van der Waals surface area contributed by atoms with Crippen LogP contribution in [-0.4, -0.2) is 23.4 Å². The Hall–Kier alpha value is -1.58. The molecule has 0 bridgehead atoms. The molecule has 0 aliphatic heterocycles. The zero-order valence-corrected chi connectivity index (χ0v) is 10.5. The molecule has 0 heterocycles. The van der Waals surface area contributed by atoms with E-state index in [1.54, 1.807) is 11.0 Å². The Morgan fingerprint density at radius 2 is 2.12 bits per heavy atom. The predicted molar refractivity (Wildman–Crippen MR) is 67.3 cm³/mol. The minimum atomic E-state index is -0.545. The molecule has 0 aromatic heterocycles. The van der Waals surface area contributed by atoms with Gasteiger partial charge in [-0.15, -0.1) is 0 Å². The van der Waals surface area contributed by atoms with E-state index in [0.29, 0.717) is 12.1 Å². The third kappa shape index (κ3) is 3.19. The molecule has 0 aliphatic carbocycles. The van der Waals surface area contributed by atoms with Crippen molar-refractivity contribution in [3.8, 4) is 0 Å². The minimum absolute atomic E-state index is 0.0631. The summed E-state index contributed by atoms with van der Waals surface area (Å²) in [6.45, 7) is 6.57. The first-order chi connectivity index (χ1) is 7.97. The van der Waals surface area contributed by atoms with E-state index >= 15 is 0 Å². The fourth-order valence-electron chi connectivity index (χ4n) is 1.66. The molecule has 1 aromatic carbocycles. The second-order valence-corrected chi connectivity index (χ2v) is 4.33. The van der Waals surface area contributed by atoms with Crippen molar-refractivity contribution in [3.05, 3.63) is 29.6 Å². The second-order valence-electron chi connectivity index (χ2n) is 4.33. The van der Waals surface area contributed by atoms with Crippen LogP contribution in [0.2, 0.25) is 0 Å². The summed E-state index contributed by atoms with van der Waals surface area (Å²) in [5.74, 6) is -0.697. The van der Waals surface area contributed by atoms with Crippen LogP contribution < -0.4 is 5.73 Å². The van der Waals surface area contributed by atoms with Crippen LogP contribution in [0.3, 0.4) is 0 Å². The number of nitrogens with zero attached hydrogens (tertiary/aromatic N) is 1. The van der Waals surface area contributed by atoms with Gasteiger partial charge < -0.3 is 10.6 Å². The van der Waals surface area contributed by atoms with Crippen molar-refractivity contribution >= 4 is 11.6 Å². The Kier molecular flexibility index (Phi) is 4.49. The first kappa shape index (κ1) is 13.5. The first-order valence-corrected chi connectivity index (χ1v) is 5.83. The molecule has 1 amide bonds. The molecule has 4 heteroatoms. The van der Waals surface area contributed by atoms with Gasteiger partial charge >= 0.3 is 0 Å². The smallest absolute Gasteiger partial charge is 0.254 e. The number of rotatable bonds is 4. The van der Waals surface area contributed by atoms with E-state index in [2.05, 4.69) is 0 Å². The minimum Gasteiger partial charge on any atom is -0.396 e. The van der Waals surface area contributed by atoms with Gasteiger partial charge in [0.05, 0.1) is 5.69 Å². The molecule has 0 saturated carbocycles. The van der Waals surface area contributed by atoms with Gasteiger partial charge in [0.1, 0.15) is 5.82 Å². The molecule has 3 nitrogen and oxygen atoms in total. The Balaban J connectivity index is 2.97. The summed E-state index contributed by atoms with van der Waals surface area (Å²) in [5.41, 5.74) is 5.79. The lowest BCUT2D eigenvalue weighted by atomic mass is 10.1. The molecule has 0 radical (unpaired) electrons. The van der Waals surface area contributed by atoms with Gasteiger partial charge in [-0.1, -0.05) is 6.92 Å². The molecule has 0 unspecified atom stereocenters. The SMILES string of the molecule is CCCN(C(=O)c1ccc(N)c(F)c1)C(C)C. The van der Waals surface area contributed by atoms with Crippen molar-refractivity contribution in [1.29, 1.82) is 0 Å². The van der Waals surface area contributed by atoms with Crippen LogP contribution in [0.1, 0.15) is 37.6 Å². The van der Waals surface area contributed by atoms with Crippen LogP contribution in [-0.2, 0) is 0 Å². The highest BCUT2D eigenvalue weighted by Crippen LogP contribution is 2.15. The molecule has 2 N–H and O–H groups in total. The van der Waals surface area contributed by atoms with Gasteiger partial charge in [-0.2, -0.15) is 0 Å². The van der Waals surface area contributed by atoms with Crippen molar-refractivity contribution < 1.29 is 9.18 Å². The lowest BCUT2D eigenvalue weighted by molar-refractivity contribution is 0.0705. The van der Waals surface area contributed by atoms with E-state index in [1.807, 2.05) is 20.8 Å². The fourth-order valence-corrected chi connectivity index (χ4v) is 1.66. The van der Waals surface area contributed by atoms with E-state index in [-0.39, 0.29) is 17.6 Å². The topological polar surface area (TPSA) is 46.3 Å². The normalized spacial score (nSPS) is 10.6. The van der Waals surface area contributed by atoms with E-state index in [4.69, 9.17) is 5.73 Å². The van der Waals surface area contributed by atoms with Gasteiger partial charge in [-0.05, 0) is 38.5 Å². The van der Waals surface area contributed by atoms with Gasteiger partial charge in [0.15, 0.2) is 0 Å². The maximum atomic E-state index is 13.3. The lowest BCUT2D eigenvalue weighted by Gasteiger charge is -2.26. The summed E-state index contributed by atoms with van der Waals surface area (Å²) in [6, 6.07) is 4.28. The van der Waals surface area contributed by atoms with Crippen LogP contribution in [0, 0.1) is 5.82 Å². The number of nitrogens with two attached hydrogens (primary N) is 1. The molecular weight excluding hydrogens is 219 g/mol. The average Bonchev–Trinajstić information content (AvgIpc) is 2.28. The molecule has 1 aromatic rings. The second kappa shape index (κ2) is 5.66. The summed E-state index contributed by atoms with van der Waals surface area (Å²) in [6.07, 6.45) is 0.876. The van der Waals surface area contributed by atoms with Crippen LogP contribution in [0.25, 0.3) is 0 Å². The quantitative estimate of drug-likeness (QED) is 0.820. The third-order valence-electron chi connectivity index (χ3n) is 2.60. The fraction of sp³-hybridized carbons (Fsp3) is 0.462. The van der Waals surface area contributed by atoms with Crippen molar-refractivity contribution in [3.63, 3.8) is 0 Å². The number of amides is 1. The first-order valence-electron chi connectivity index (χ1n) is 5.83. The Bertz CT molecular complexity index is 404. The standard InChI is InChI=1S/C13H19FN2O/c1-4-7-16(9(2)3)13(17)10-5-6-12(15)11(14)8-10/h5-6,8-9H,4,7,15H2,1-3H3. The van der Waals surface area contributed by atoms with Crippen LogP contribution in [0.4, 0.5) is 10.1 Å². The molecular formula is C13H19FN2O. The zero-order chi connectivity index (χ0) is 13.0. The molecule has 0 fully saturated rings. The van der Waals surface area contributed by atoms with Gasteiger partial charge in [0.25, 0.3) is 5.91 Å². The molecule has 17 heavy (non-hydrogen) atoms. The summed E-state index contributed by atoms with van der Waals surface area (Å²) in [7, 11) is 0. The Labute approximate surface area is 101 Å². The van der Waals surface area contributed by atoms with E-state index < -0.39 is 5.82 Å². The van der Waals surface area contributed by atoms with E-state index in [1.165, 1.54) is 12.1 Å². The highest BCUT2D eigenvalue weighted by molar-refractivity contribution is 5.94. The van der Waals surface area contributed by atoms with Gasteiger partial charge in [-0.25, -0.2) is 4.39 Å². The molecule has 0 aliphatic rings. The monoisotopic (exact) mass is 238 g/mol. The number of benzene rings is 1. The molecule has 0 spiro atoms. The van der Waals surface area contributed by atoms with Gasteiger partial charge in [0.2, 0.25) is 0 Å². The summed E-state index contributed by atoms with van der Waals surface area (Å²) < 4.78 is 13.3. The molecule has 94 valence electrons. The largest absolute Gasteiger partial charge is 0.396 e. The van der Waals surface area contributed by atoms with E-state index in [9.17, 15) is 9.18 Å². The highest BCUT2D eigenvalue weighted by atomic mass is 19.1. The Morgan fingerprint density at radius 3 is 2.59 bits per heavy atom. The number of carbonyl (C=O) groups is 1. The molecule has 1 rings (SSSR count). The number of anilines is 1. The van der Waals surface area contributed by atoms with Crippen LogP contribution in [0.15, 0.2) is 18.2 Å². The third-order valence-corrected chi connectivity index (χ3v) is 2.60. The van der Waals surface area contributed by atoms with Crippen molar-refractivity contribution in [2.24, 2.45) is 0 Å². The van der Waals surface area contributed by atoms with Gasteiger partial charge in [0, 0.05) is 18.2 Å². The summed E-state index contributed by atoms with van der Waals surface area (Å²) in [4.78, 5) is 13.9. The lowest BCUT2D eigenvalue weighted by Crippen LogP contribution is -2.37. The number of nitrogen functional groups attached to an aromatic ring is 1. The predicted octanol–water partition coefficient (Wildman–Crippen LogP) is 2.67. The number of hydrogen-bond acceptors (Lipinski definition) is 2. The van der Waals surface area contributed by atoms with Gasteiger partial charge in [-0.3, -0.25) is 4.79 Å². The molecule has 0 atom stereocenters. The Morgan fingerprint density at radius 1 is 1.47 bits per heavy atom. The van der Waals surface area contributed by atoms with Crippen molar-refractivity contribution in [1.82, 2.24) is 4.90 Å². The number of carbonyl (C=O) groups excluding carboxylic acids is 1. The summed E-state index contributed by atoms with van der Waals surface area (Å²) >= 11 is 0. The number of halogens is 1. The zero-order valence-electron chi connectivity index (χ0n) is 10.5. The molecule has 0 saturated heterocycles. The summed E-state index contributed by atoms with van der Waals surface area (Å²) in [5, 5.41) is 0. The van der Waals surface area contributed by atoms with E-state index in [0.717, 1.165) is 6.42 Å². The maximum absolute atomic E-state index is 13.3. The highest BCUT2D eigenvalue weighted by Gasteiger charge is 2.18. The van der Waals surface area contributed by atoms with Crippen molar-refractivity contribution in [2.45, 2.75) is 33.2 Å².